The number of aromatic nitrogens is 1. The molecule has 90 valence electrons. The minimum atomic E-state index is 0.586. The van der Waals surface area contributed by atoms with Crippen LogP contribution in [0.3, 0.4) is 0 Å². The largest absolute Gasteiger partial charge is 0.491 e. The number of ether oxygens (including phenoxy) is 1. The van der Waals surface area contributed by atoms with Gasteiger partial charge in [-0.3, -0.25) is 0 Å². The van der Waals surface area contributed by atoms with Crippen LogP contribution in [0.1, 0.15) is 32.9 Å². The van der Waals surface area contributed by atoms with Crippen LogP contribution in [0.2, 0.25) is 0 Å². The number of nitrogens with zero attached hydrogens (tertiary/aromatic N) is 1. The molecule has 0 aliphatic heterocycles. The minimum absolute atomic E-state index is 0.586. The Morgan fingerprint density at radius 3 is 2.56 bits per heavy atom. The van der Waals surface area contributed by atoms with Crippen molar-refractivity contribution < 1.29 is 4.74 Å². The molecular weight excluding hydrogens is 266 g/mol. The molecule has 1 heterocycles. The highest BCUT2D eigenvalue weighted by atomic mass is 79.9. The Morgan fingerprint density at radius 2 is 2.00 bits per heavy atom. The summed E-state index contributed by atoms with van der Waals surface area (Å²) in [5.74, 6) is 2.20. The molecule has 0 saturated heterocycles. The molecule has 0 aromatic carbocycles. The fraction of sp³-hybridized carbons (Fsp3) is 0.615. The maximum atomic E-state index is 5.77. The lowest BCUT2D eigenvalue weighted by atomic mass is 10.00. The van der Waals surface area contributed by atoms with Crippen LogP contribution in [0.25, 0.3) is 0 Å². The maximum Gasteiger partial charge on any atom is 0.140 e. The van der Waals surface area contributed by atoms with Crippen molar-refractivity contribution in [3.05, 3.63) is 22.4 Å². The van der Waals surface area contributed by atoms with Crippen LogP contribution in [0.15, 0.2) is 16.7 Å². The third-order valence-corrected chi connectivity index (χ3v) is 2.84. The second-order valence-corrected chi connectivity index (χ2v) is 5.58. The molecule has 0 amide bonds. The van der Waals surface area contributed by atoms with Crippen molar-refractivity contribution in [3.63, 3.8) is 0 Å². The van der Waals surface area contributed by atoms with Crippen LogP contribution in [0, 0.1) is 18.8 Å². The van der Waals surface area contributed by atoms with E-state index in [2.05, 4.69) is 41.7 Å². The Balaban J connectivity index is 2.48. The van der Waals surface area contributed by atoms with Crippen LogP contribution in [0.4, 0.5) is 0 Å². The molecule has 1 aromatic rings. The number of hydrogen-bond acceptors (Lipinski definition) is 2. The summed E-state index contributed by atoms with van der Waals surface area (Å²) in [7, 11) is 0. The van der Waals surface area contributed by atoms with Crippen molar-refractivity contribution in [1.29, 1.82) is 0 Å². The lowest BCUT2D eigenvalue weighted by Gasteiger charge is -2.15. The van der Waals surface area contributed by atoms with Crippen LogP contribution in [-0.4, -0.2) is 11.6 Å². The van der Waals surface area contributed by atoms with Crippen molar-refractivity contribution in [1.82, 2.24) is 4.98 Å². The standard InChI is InChI=1S/C13H20BrNO/c1-9(2)7-10(3)8-16-12-5-6-13(14)15-11(12)4/h5-6,9-10H,7-8H2,1-4H3/t10-/m0/s1. The van der Waals surface area contributed by atoms with E-state index >= 15 is 0 Å². The molecule has 0 bridgehead atoms. The molecule has 16 heavy (non-hydrogen) atoms. The number of halogens is 1. The number of pyridine rings is 1. The van der Waals surface area contributed by atoms with E-state index in [9.17, 15) is 0 Å². The number of rotatable bonds is 5. The Labute approximate surface area is 107 Å². The summed E-state index contributed by atoms with van der Waals surface area (Å²) in [5, 5.41) is 0. The molecule has 0 unspecified atom stereocenters. The molecule has 0 aliphatic rings. The molecule has 3 heteroatoms. The van der Waals surface area contributed by atoms with Crippen LogP contribution in [-0.2, 0) is 0 Å². The number of hydrogen-bond donors (Lipinski definition) is 0. The van der Waals surface area contributed by atoms with E-state index in [1.54, 1.807) is 0 Å². The highest BCUT2D eigenvalue weighted by molar-refractivity contribution is 9.10. The van der Waals surface area contributed by atoms with Gasteiger partial charge in [-0.25, -0.2) is 4.98 Å². The molecule has 2 nitrogen and oxygen atoms in total. The maximum absolute atomic E-state index is 5.77. The van der Waals surface area contributed by atoms with Crippen molar-refractivity contribution in [2.75, 3.05) is 6.61 Å². The van der Waals surface area contributed by atoms with Gasteiger partial charge in [0.15, 0.2) is 0 Å². The fourth-order valence-corrected chi connectivity index (χ4v) is 2.17. The first-order valence-electron chi connectivity index (χ1n) is 5.75. The van der Waals surface area contributed by atoms with Crippen molar-refractivity contribution in [2.24, 2.45) is 11.8 Å². The van der Waals surface area contributed by atoms with Gasteiger partial charge in [0.05, 0.1) is 12.3 Å². The van der Waals surface area contributed by atoms with Crippen LogP contribution in [0.5, 0.6) is 5.75 Å². The van der Waals surface area contributed by atoms with Gasteiger partial charge in [0.1, 0.15) is 10.4 Å². The van der Waals surface area contributed by atoms with E-state index in [0.29, 0.717) is 5.92 Å². The van der Waals surface area contributed by atoms with Gasteiger partial charge in [0, 0.05) is 0 Å². The van der Waals surface area contributed by atoms with Gasteiger partial charge < -0.3 is 4.74 Å². The Hall–Kier alpha value is -0.570. The van der Waals surface area contributed by atoms with Crippen LogP contribution >= 0.6 is 15.9 Å². The topological polar surface area (TPSA) is 22.1 Å². The second-order valence-electron chi connectivity index (χ2n) is 4.76. The van der Waals surface area contributed by atoms with Crippen molar-refractivity contribution >= 4 is 15.9 Å². The Kier molecular flexibility index (Phi) is 5.26. The third-order valence-electron chi connectivity index (χ3n) is 2.40. The van der Waals surface area contributed by atoms with E-state index in [1.165, 1.54) is 6.42 Å². The summed E-state index contributed by atoms with van der Waals surface area (Å²) < 4.78 is 6.63. The molecule has 0 saturated carbocycles. The zero-order valence-electron chi connectivity index (χ0n) is 10.5. The Bertz CT molecular complexity index is 339. The minimum Gasteiger partial charge on any atom is -0.491 e. The van der Waals surface area contributed by atoms with Gasteiger partial charge in [-0.1, -0.05) is 20.8 Å². The summed E-state index contributed by atoms with van der Waals surface area (Å²) in [5.41, 5.74) is 0.936. The number of aryl methyl sites for hydroxylation is 1. The average molecular weight is 286 g/mol. The summed E-state index contributed by atoms with van der Waals surface area (Å²) in [4.78, 5) is 4.30. The molecule has 1 aromatic heterocycles. The smallest absolute Gasteiger partial charge is 0.140 e. The predicted octanol–water partition coefficient (Wildman–Crippen LogP) is 4.21. The van der Waals surface area contributed by atoms with Gasteiger partial charge in [-0.15, -0.1) is 0 Å². The molecule has 0 fully saturated rings. The zero-order chi connectivity index (χ0) is 12.1. The first kappa shape index (κ1) is 13.5. The molecule has 1 rings (SSSR count). The normalized spacial score (nSPS) is 12.9. The molecular formula is C13H20BrNO. The molecule has 0 spiro atoms. The zero-order valence-corrected chi connectivity index (χ0v) is 12.0. The van der Waals surface area contributed by atoms with E-state index in [-0.39, 0.29) is 0 Å². The summed E-state index contributed by atoms with van der Waals surface area (Å²) >= 11 is 3.34. The van der Waals surface area contributed by atoms with Crippen molar-refractivity contribution in [2.45, 2.75) is 34.1 Å². The van der Waals surface area contributed by atoms with Gasteiger partial charge in [-0.05, 0) is 53.2 Å². The average Bonchev–Trinajstić information content (AvgIpc) is 2.15. The van der Waals surface area contributed by atoms with E-state index in [0.717, 1.165) is 28.6 Å². The monoisotopic (exact) mass is 285 g/mol. The first-order valence-corrected chi connectivity index (χ1v) is 6.54. The Morgan fingerprint density at radius 1 is 1.31 bits per heavy atom. The van der Waals surface area contributed by atoms with Crippen molar-refractivity contribution in [3.8, 4) is 5.75 Å². The van der Waals surface area contributed by atoms with E-state index in [4.69, 9.17) is 4.74 Å². The van der Waals surface area contributed by atoms with E-state index < -0.39 is 0 Å². The van der Waals surface area contributed by atoms with Gasteiger partial charge in [0.2, 0.25) is 0 Å². The first-order chi connectivity index (χ1) is 7.49. The highest BCUT2D eigenvalue weighted by Gasteiger charge is 2.07. The van der Waals surface area contributed by atoms with E-state index in [1.807, 2.05) is 19.1 Å². The SMILES string of the molecule is Cc1nc(Br)ccc1OC[C@@H](C)CC(C)C. The molecule has 0 aliphatic carbocycles. The van der Waals surface area contributed by atoms with Gasteiger partial charge >= 0.3 is 0 Å². The molecule has 0 N–H and O–H groups in total. The second kappa shape index (κ2) is 6.24. The third kappa shape index (κ3) is 4.52. The fourth-order valence-electron chi connectivity index (χ4n) is 1.78. The predicted molar refractivity (Wildman–Crippen MR) is 70.8 cm³/mol. The lowest BCUT2D eigenvalue weighted by molar-refractivity contribution is 0.237. The lowest BCUT2D eigenvalue weighted by Crippen LogP contribution is -2.11. The molecule has 0 radical (unpaired) electrons. The van der Waals surface area contributed by atoms with Gasteiger partial charge in [0.25, 0.3) is 0 Å². The van der Waals surface area contributed by atoms with Gasteiger partial charge in [-0.2, -0.15) is 0 Å². The highest BCUT2D eigenvalue weighted by Crippen LogP contribution is 2.20. The summed E-state index contributed by atoms with van der Waals surface area (Å²) in [6, 6.07) is 3.88. The summed E-state index contributed by atoms with van der Waals surface area (Å²) in [6.07, 6.45) is 1.20. The summed E-state index contributed by atoms with van der Waals surface area (Å²) in [6.45, 7) is 9.43. The quantitative estimate of drug-likeness (QED) is 0.756. The van der Waals surface area contributed by atoms with Crippen LogP contribution < -0.4 is 4.74 Å². The molecule has 1 atom stereocenters.